The van der Waals surface area contributed by atoms with Crippen LogP contribution >= 0.6 is 0 Å². The number of rotatable bonds is 10. The van der Waals surface area contributed by atoms with Crippen LogP contribution in [0.15, 0.2) is 0 Å². The molecule has 0 amide bonds. The molecule has 0 saturated heterocycles. The maximum atomic E-state index is 10.7. The SMILES string of the molecule is CCCCCCCC[N+](C)(C)CCS(=O)(=O)O. The Kier molecular flexibility index (Phi) is 8.00. The number of unbranched alkanes of at least 4 members (excludes halogenated alkanes) is 5. The van der Waals surface area contributed by atoms with Crippen LogP contribution in [-0.2, 0) is 10.1 Å². The van der Waals surface area contributed by atoms with Gasteiger partial charge >= 0.3 is 0 Å². The first-order valence-corrected chi connectivity index (χ1v) is 8.15. The van der Waals surface area contributed by atoms with Crippen molar-refractivity contribution in [2.75, 3.05) is 32.9 Å². The molecule has 0 aromatic carbocycles. The van der Waals surface area contributed by atoms with E-state index in [1.54, 1.807) is 0 Å². The standard InChI is InChI=1S/C12H27NO3S/c1-4-5-6-7-8-9-10-13(2,3)11-12-17(14,15)16/h4-12H2,1-3H3/p+1. The molecular formula is C12H28NO3S+. The third kappa shape index (κ3) is 12.1. The van der Waals surface area contributed by atoms with Gasteiger partial charge < -0.3 is 4.48 Å². The highest BCUT2D eigenvalue weighted by molar-refractivity contribution is 7.85. The smallest absolute Gasteiger partial charge is 0.270 e. The van der Waals surface area contributed by atoms with E-state index in [1.807, 2.05) is 14.1 Å². The quantitative estimate of drug-likeness (QED) is 0.375. The maximum absolute atomic E-state index is 10.7. The fourth-order valence-electron chi connectivity index (χ4n) is 1.79. The fraction of sp³-hybridized carbons (Fsp3) is 1.00. The van der Waals surface area contributed by atoms with Crippen molar-refractivity contribution in [2.45, 2.75) is 45.4 Å². The van der Waals surface area contributed by atoms with Gasteiger partial charge in [-0.25, -0.2) is 0 Å². The summed E-state index contributed by atoms with van der Waals surface area (Å²) in [5, 5.41) is 0. The highest BCUT2D eigenvalue weighted by atomic mass is 32.2. The van der Waals surface area contributed by atoms with E-state index in [4.69, 9.17) is 4.55 Å². The summed E-state index contributed by atoms with van der Waals surface area (Å²) in [7, 11) is 0.207. The van der Waals surface area contributed by atoms with Crippen molar-refractivity contribution >= 4 is 10.1 Å². The van der Waals surface area contributed by atoms with Crippen LogP contribution in [0.5, 0.6) is 0 Å². The van der Waals surface area contributed by atoms with E-state index in [1.165, 1.54) is 32.1 Å². The predicted molar refractivity (Wildman–Crippen MR) is 71.6 cm³/mol. The molecule has 0 atom stereocenters. The molecule has 0 heterocycles. The van der Waals surface area contributed by atoms with Crippen molar-refractivity contribution in [3.63, 3.8) is 0 Å². The van der Waals surface area contributed by atoms with Gasteiger partial charge in [0.25, 0.3) is 10.1 Å². The molecule has 0 aromatic heterocycles. The van der Waals surface area contributed by atoms with Crippen LogP contribution < -0.4 is 0 Å². The second kappa shape index (κ2) is 8.06. The van der Waals surface area contributed by atoms with E-state index in [2.05, 4.69) is 6.92 Å². The van der Waals surface area contributed by atoms with Crippen LogP contribution in [0.2, 0.25) is 0 Å². The monoisotopic (exact) mass is 266 g/mol. The summed E-state index contributed by atoms with van der Waals surface area (Å²) in [6.45, 7) is 3.66. The van der Waals surface area contributed by atoms with Crippen molar-refractivity contribution in [1.82, 2.24) is 0 Å². The molecule has 0 radical (unpaired) electrons. The zero-order chi connectivity index (χ0) is 13.4. The minimum Gasteiger partial charge on any atom is -0.328 e. The lowest BCUT2D eigenvalue weighted by atomic mass is 10.1. The predicted octanol–water partition coefficient (Wildman–Crippen LogP) is 2.31. The molecule has 5 heteroatoms. The van der Waals surface area contributed by atoms with Crippen LogP contribution in [0, 0.1) is 0 Å². The molecule has 0 spiro atoms. The Labute approximate surface area is 106 Å². The van der Waals surface area contributed by atoms with Crippen molar-refractivity contribution in [3.05, 3.63) is 0 Å². The van der Waals surface area contributed by atoms with Gasteiger partial charge in [0.2, 0.25) is 0 Å². The van der Waals surface area contributed by atoms with Gasteiger partial charge in [-0.2, -0.15) is 8.42 Å². The molecule has 104 valence electrons. The highest BCUT2D eigenvalue weighted by Crippen LogP contribution is 2.08. The lowest BCUT2D eigenvalue weighted by Gasteiger charge is -2.29. The zero-order valence-corrected chi connectivity index (χ0v) is 12.3. The molecule has 0 bridgehead atoms. The average molecular weight is 266 g/mol. The summed E-state index contributed by atoms with van der Waals surface area (Å²) in [5.74, 6) is -0.143. The second-order valence-corrected chi connectivity index (χ2v) is 7.01. The average Bonchev–Trinajstić information content (AvgIpc) is 2.20. The van der Waals surface area contributed by atoms with E-state index in [0.717, 1.165) is 13.0 Å². The molecule has 0 rings (SSSR count). The van der Waals surface area contributed by atoms with Gasteiger partial charge in [0.1, 0.15) is 5.75 Å². The second-order valence-electron chi connectivity index (χ2n) is 5.44. The number of quaternary nitrogens is 1. The first kappa shape index (κ1) is 16.9. The van der Waals surface area contributed by atoms with E-state index in [9.17, 15) is 8.42 Å². The molecule has 0 aromatic rings. The van der Waals surface area contributed by atoms with Gasteiger partial charge in [0.05, 0.1) is 27.2 Å². The molecule has 0 saturated carbocycles. The molecule has 0 aliphatic heterocycles. The summed E-state index contributed by atoms with van der Waals surface area (Å²) in [6, 6.07) is 0. The molecule has 4 nitrogen and oxygen atoms in total. The first-order valence-electron chi connectivity index (χ1n) is 6.54. The Balaban J connectivity index is 3.64. The lowest BCUT2D eigenvalue weighted by molar-refractivity contribution is -0.888. The van der Waals surface area contributed by atoms with Crippen molar-refractivity contribution < 1.29 is 17.5 Å². The third-order valence-corrected chi connectivity index (χ3v) is 3.77. The van der Waals surface area contributed by atoms with Crippen molar-refractivity contribution in [2.24, 2.45) is 0 Å². The van der Waals surface area contributed by atoms with Crippen LogP contribution in [-0.4, -0.2) is 50.4 Å². The summed E-state index contributed by atoms with van der Waals surface area (Å²) < 4.78 is 30.7. The third-order valence-electron chi connectivity index (χ3n) is 3.07. The normalized spacial score (nSPS) is 12.9. The summed E-state index contributed by atoms with van der Waals surface area (Å²) in [6.07, 6.45) is 7.48. The van der Waals surface area contributed by atoms with E-state index >= 15 is 0 Å². The Hall–Kier alpha value is -0.130. The zero-order valence-electron chi connectivity index (χ0n) is 11.5. The van der Waals surface area contributed by atoms with Gasteiger partial charge in [0, 0.05) is 0 Å². The largest absolute Gasteiger partial charge is 0.328 e. The van der Waals surface area contributed by atoms with Gasteiger partial charge in [-0.3, -0.25) is 4.55 Å². The maximum Gasteiger partial charge on any atom is 0.270 e. The summed E-state index contributed by atoms with van der Waals surface area (Å²) in [5.41, 5.74) is 0. The number of nitrogens with zero attached hydrogens (tertiary/aromatic N) is 1. The molecule has 1 N–H and O–H groups in total. The van der Waals surface area contributed by atoms with Gasteiger partial charge in [-0.15, -0.1) is 0 Å². The van der Waals surface area contributed by atoms with Crippen LogP contribution in [0.1, 0.15) is 45.4 Å². The van der Waals surface area contributed by atoms with Gasteiger partial charge in [-0.05, 0) is 12.8 Å². The van der Waals surface area contributed by atoms with Gasteiger partial charge in [0.15, 0.2) is 0 Å². The summed E-state index contributed by atoms with van der Waals surface area (Å²) >= 11 is 0. The van der Waals surface area contributed by atoms with Crippen LogP contribution in [0.3, 0.4) is 0 Å². The van der Waals surface area contributed by atoms with E-state index < -0.39 is 10.1 Å². The van der Waals surface area contributed by atoms with Gasteiger partial charge in [-0.1, -0.05) is 32.6 Å². The molecular weight excluding hydrogens is 238 g/mol. The molecule has 0 aliphatic rings. The molecule has 0 fully saturated rings. The van der Waals surface area contributed by atoms with Crippen molar-refractivity contribution in [1.29, 1.82) is 0 Å². The lowest BCUT2D eigenvalue weighted by Crippen LogP contribution is -2.43. The Morgan fingerprint density at radius 2 is 1.47 bits per heavy atom. The van der Waals surface area contributed by atoms with Crippen molar-refractivity contribution in [3.8, 4) is 0 Å². The van der Waals surface area contributed by atoms with E-state index in [-0.39, 0.29) is 5.75 Å². The Morgan fingerprint density at radius 1 is 0.941 bits per heavy atom. The topological polar surface area (TPSA) is 54.4 Å². The molecule has 0 aliphatic carbocycles. The summed E-state index contributed by atoms with van der Waals surface area (Å²) in [4.78, 5) is 0. The highest BCUT2D eigenvalue weighted by Gasteiger charge is 2.18. The minimum atomic E-state index is -3.82. The minimum absolute atomic E-state index is 0.143. The Bertz CT molecular complexity index is 286. The van der Waals surface area contributed by atoms with Crippen LogP contribution in [0.4, 0.5) is 0 Å². The Morgan fingerprint density at radius 3 is 2.00 bits per heavy atom. The number of hydrogen-bond acceptors (Lipinski definition) is 2. The van der Waals surface area contributed by atoms with E-state index in [0.29, 0.717) is 11.0 Å². The number of hydrogen-bond donors (Lipinski definition) is 1. The van der Waals surface area contributed by atoms with Crippen LogP contribution in [0.25, 0.3) is 0 Å². The molecule has 0 unspecified atom stereocenters. The fourth-order valence-corrected chi connectivity index (χ4v) is 2.52. The molecule has 17 heavy (non-hydrogen) atoms. The first-order chi connectivity index (χ1) is 7.77.